The number of hydrogen-bond acceptors (Lipinski definition) is 6. The van der Waals surface area contributed by atoms with Crippen LogP contribution in [0.4, 0.5) is 5.69 Å². The predicted molar refractivity (Wildman–Crippen MR) is 91.9 cm³/mol. The van der Waals surface area contributed by atoms with Gasteiger partial charge in [0, 0.05) is 30.8 Å². The number of pyridine rings is 1. The molecule has 0 fully saturated rings. The van der Waals surface area contributed by atoms with Crippen LogP contribution in [-0.2, 0) is 17.1 Å². The van der Waals surface area contributed by atoms with Crippen molar-refractivity contribution in [2.45, 2.75) is 12.3 Å². The highest BCUT2D eigenvalue weighted by molar-refractivity contribution is 7.99. The van der Waals surface area contributed by atoms with Gasteiger partial charge in [-0.05, 0) is 23.3 Å². The molecule has 1 N–H and O–H groups in total. The smallest absolute Gasteiger partial charge is 0.311 e. The zero-order valence-electron chi connectivity index (χ0n) is 13.1. The van der Waals surface area contributed by atoms with E-state index in [9.17, 15) is 14.9 Å². The van der Waals surface area contributed by atoms with Gasteiger partial charge in [-0.15, -0.1) is 11.8 Å². The van der Waals surface area contributed by atoms with Crippen molar-refractivity contribution in [3.63, 3.8) is 0 Å². The maximum Gasteiger partial charge on any atom is 0.311 e. The van der Waals surface area contributed by atoms with Gasteiger partial charge in [-0.25, -0.2) is 0 Å². The lowest BCUT2D eigenvalue weighted by molar-refractivity contribution is -0.385. The summed E-state index contributed by atoms with van der Waals surface area (Å²) < 4.78 is 4.96. The minimum Gasteiger partial charge on any atom is -0.490 e. The lowest BCUT2D eigenvalue weighted by Crippen LogP contribution is -2.24. The quantitative estimate of drug-likeness (QED) is 0.582. The van der Waals surface area contributed by atoms with Crippen LogP contribution in [-0.4, -0.2) is 28.7 Å². The Morgan fingerprint density at radius 3 is 2.88 bits per heavy atom. The minimum atomic E-state index is -0.479. The molecule has 8 heteroatoms. The van der Waals surface area contributed by atoms with Crippen LogP contribution in [0.2, 0.25) is 0 Å². The van der Waals surface area contributed by atoms with Crippen LogP contribution < -0.4 is 10.1 Å². The third-order valence-corrected chi connectivity index (χ3v) is 4.16. The molecule has 24 heavy (non-hydrogen) atoms. The first kappa shape index (κ1) is 17.7. The number of ether oxygens (including phenoxy) is 1. The molecule has 1 heterocycles. The monoisotopic (exact) mass is 347 g/mol. The molecule has 0 radical (unpaired) electrons. The normalized spacial score (nSPS) is 10.2. The molecule has 0 aliphatic carbocycles. The summed E-state index contributed by atoms with van der Waals surface area (Å²) in [6.45, 7) is 0.432. The Labute approximate surface area is 143 Å². The predicted octanol–water partition coefficient (Wildman–Crippen LogP) is 2.55. The van der Waals surface area contributed by atoms with E-state index in [1.54, 1.807) is 24.5 Å². The second-order valence-electron chi connectivity index (χ2n) is 4.89. The Kier molecular flexibility index (Phi) is 6.56. The van der Waals surface area contributed by atoms with Crippen LogP contribution in [0.15, 0.2) is 42.7 Å². The van der Waals surface area contributed by atoms with Gasteiger partial charge in [-0.2, -0.15) is 0 Å². The molecule has 1 aromatic carbocycles. The van der Waals surface area contributed by atoms with Crippen LogP contribution in [0, 0.1) is 10.1 Å². The summed E-state index contributed by atoms with van der Waals surface area (Å²) in [5.41, 5.74) is 1.63. The summed E-state index contributed by atoms with van der Waals surface area (Å²) in [6, 6.07) is 8.49. The molecule has 0 atom stereocenters. The number of aromatic nitrogens is 1. The largest absolute Gasteiger partial charge is 0.490 e. The molecule has 126 valence electrons. The number of carbonyl (C=O) groups excluding carboxylic acids is 1. The molecule has 0 saturated heterocycles. The molecule has 0 saturated carbocycles. The van der Waals surface area contributed by atoms with E-state index in [0.717, 1.165) is 11.1 Å². The van der Waals surface area contributed by atoms with E-state index in [-0.39, 0.29) is 23.1 Å². The van der Waals surface area contributed by atoms with Crippen LogP contribution in [0.5, 0.6) is 5.75 Å². The first-order valence-corrected chi connectivity index (χ1v) is 8.30. The van der Waals surface area contributed by atoms with Gasteiger partial charge in [0.05, 0.1) is 17.8 Å². The minimum absolute atomic E-state index is 0.0726. The zero-order chi connectivity index (χ0) is 17.4. The highest BCUT2D eigenvalue weighted by atomic mass is 32.2. The molecule has 7 nitrogen and oxygen atoms in total. The van der Waals surface area contributed by atoms with E-state index in [0.29, 0.717) is 12.3 Å². The third kappa shape index (κ3) is 5.24. The summed E-state index contributed by atoms with van der Waals surface area (Å²) in [5, 5.41) is 13.8. The summed E-state index contributed by atoms with van der Waals surface area (Å²) in [6.07, 6.45) is 3.37. The molecule has 0 aliphatic rings. The number of carbonyl (C=O) groups is 1. The van der Waals surface area contributed by atoms with E-state index in [1.807, 2.05) is 12.1 Å². The highest BCUT2D eigenvalue weighted by Crippen LogP contribution is 2.28. The summed E-state index contributed by atoms with van der Waals surface area (Å²) in [7, 11) is 1.39. The van der Waals surface area contributed by atoms with Crippen molar-refractivity contribution in [3.8, 4) is 5.75 Å². The summed E-state index contributed by atoms with van der Waals surface area (Å²) >= 11 is 1.39. The first-order valence-electron chi connectivity index (χ1n) is 7.15. The molecule has 2 rings (SSSR count). The van der Waals surface area contributed by atoms with Crippen molar-refractivity contribution in [3.05, 3.63) is 64.0 Å². The van der Waals surface area contributed by atoms with Crippen molar-refractivity contribution in [2.75, 3.05) is 12.9 Å². The van der Waals surface area contributed by atoms with Crippen molar-refractivity contribution >= 4 is 23.4 Å². The fraction of sp³-hybridized carbons (Fsp3) is 0.250. The highest BCUT2D eigenvalue weighted by Gasteiger charge is 2.15. The second kappa shape index (κ2) is 8.88. The van der Waals surface area contributed by atoms with Gasteiger partial charge < -0.3 is 10.1 Å². The number of nitrogens with zero attached hydrogens (tertiary/aromatic N) is 2. The van der Waals surface area contributed by atoms with Gasteiger partial charge >= 0.3 is 5.69 Å². The number of benzene rings is 1. The standard InChI is InChI=1S/C16H17N3O4S/c1-23-15-5-4-12(7-14(15)19(21)22)10-24-11-16(20)18-9-13-3-2-6-17-8-13/h2-8H,9-11H2,1H3,(H,18,20). The number of amides is 1. The molecular formula is C16H17N3O4S. The summed E-state index contributed by atoms with van der Waals surface area (Å²) in [5.74, 6) is 0.917. The number of nitro groups is 1. The lowest BCUT2D eigenvalue weighted by Gasteiger charge is -2.06. The maximum atomic E-state index is 11.8. The molecular weight excluding hydrogens is 330 g/mol. The topological polar surface area (TPSA) is 94.4 Å². The van der Waals surface area contributed by atoms with Crippen molar-refractivity contribution in [1.29, 1.82) is 0 Å². The van der Waals surface area contributed by atoms with E-state index in [2.05, 4.69) is 10.3 Å². The van der Waals surface area contributed by atoms with Gasteiger partial charge in [0.25, 0.3) is 0 Å². The maximum absolute atomic E-state index is 11.8. The Hall–Kier alpha value is -2.61. The van der Waals surface area contributed by atoms with E-state index in [1.165, 1.54) is 24.9 Å². The number of nitrogens with one attached hydrogen (secondary N) is 1. The van der Waals surface area contributed by atoms with E-state index < -0.39 is 4.92 Å². The second-order valence-corrected chi connectivity index (χ2v) is 5.88. The zero-order valence-corrected chi connectivity index (χ0v) is 13.9. The number of rotatable bonds is 8. The average Bonchev–Trinajstić information content (AvgIpc) is 2.60. The molecule has 2 aromatic rings. The van der Waals surface area contributed by atoms with Crippen LogP contribution in [0.3, 0.4) is 0 Å². The van der Waals surface area contributed by atoms with Crippen LogP contribution in [0.25, 0.3) is 0 Å². The van der Waals surface area contributed by atoms with Crippen LogP contribution >= 0.6 is 11.8 Å². The summed E-state index contributed by atoms with van der Waals surface area (Å²) in [4.78, 5) is 26.3. The van der Waals surface area contributed by atoms with Gasteiger partial charge in [0.2, 0.25) is 5.91 Å². The molecule has 1 aromatic heterocycles. The first-order chi connectivity index (χ1) is 11.6. The molecule has 1 amide bonds. The number of hydrogen-bond donors (Lipinski definition) is 1. The Bertz CT molecular complexity index is 710. The van der Waals surface area contributed by atoms with Crippen molar-refractivity contribution in [2.24, 2.45) is 0 Å². The SMILES string of the molecule is COc1ccc(CSCC(=O)NCc2cccnc2)cc1[N+](=O)[O-]. The Morgan fingerprint density at radius 2 is 2.21 bits per heavy atom. The lowest BCUT2D eigenvalue weighted by atomic mass is 10.2. The molecule has 0 spiro atoms. The molecule has 0 bridgehead atoms. The number of thioether (sulfide) groups is 1. The Balaban J connectivity index is 1.80. The van der Waals surface area contributed by atoms with Crippen molar-refractivity contribution < 1.29 is 14.5 Å². The van der Waals surface area contributed by atoms with Crippen molar-refractivity contribution in [1.82, 2.24) is 10.3 Å². The Morgan fingerprint density at radius 1 is 1.38 bits per heavy atom. The molecule has 0 unspecified atom stereocenters. The van der Waals surface area contributed by atoms with Gasteiger partial charge in [-0.1, -0.05) is 12.1 Å². The fourth-order valence-corrected chi connectivity index (χ4v) is 2.79. The molecule has 0 aliphatic heterocycles. The third-order valence-electron chi connectivity index (χ3n) is 3.15. The van der Waals surface area contributed by atoms with E-state index in [4.69, 9.17) is 4.74 Å². The fourth-order valence-electron chi connectivity index (χ4n) is 1.98. The number of methoxy groups -OCH3 is 1. The van der Waals surface area contributed by atoms with Gasteiger partial charge in [-0.3, -0.25) is 19.9 Å². The average molecular weight is 347 g/mol. The van der Waals surface area contributed by atoms with E-state index >= 15 is 0 Å². The van der Waals surface area contributed by atoms with Crippen LogP contribution in [0.1, 0.15) is 11.1 Å². The van der Waals surface area contributed by atoms with Gasteiger partial charge in [0.1, 0.15) is 0 Å². The number of nitro benzene ring substituents is 1. The van der Waals surface area contributed by atoms with Gasteiger partial charge in [0.15, 0.2) is 5.75 Å².